The number of carbonyl (C=O) groups excluding carboxylic acids is 2. The Hall–Kier alpha value is -4.08. The zero-order valence-corrected chi connectivity index (χ0v) is 19.1. The fourth-order valence-corrected chi connectivity index (χ4v) is 3.90. The molecule has 1 heterocycles. The molecular weight excluding hydrogens is 475 g/mol. The van der Waals surface area contributed by atoms with Crippen molar-refractivity contribution in [3.8, 4) is 5.75 Å². The summed E-state index contributed by atoms with van der Waals surface area (Å²) in [4.78, 5) is 29.1. The van der Waals surface area contributed by atoms with Crippen LogP contribution < -0.4 is 15.4 Å². The summed E-state index contributed by atoms with van der Waals surface area (Å²) < 4.78 is 50.7. The highest BCUT2D eigenvalue weighted by atomic mass is 19.4. The third-order valence-corrected chi connectivity index (χ3v) is 5.99. The molecule has 3 aliphatic rings. The molecule has 1 fully saturated rings. The Morgan fingerprint density at radius 3 is 2.64 bits per heavy atom. The van der Waals surface area contributed by atoms with Gasteiger partial charge in [-0.2, -0.15) is 13.2 Å². The molecule has 1 saturated carbocycles. The SMILES string of the molecule is CC12C=C(Oc3cccc(C(=O)Nc4cccc(C(F)(F)F)c4)c3)C=CC1N=C(NC(=O)C1CC1)O2. The summed E-state index contributed by atoms with van der Waals surface area (Å²) in [5, 5.41) is 5.19. The van der Waals surface area contributed by atoms with Gasteiger partial charge in [-0.3, -0.25) is 14.9 Å². The molecule has 5 rings (SSSR count). The summed E-state index contributed by atoms with van der Waals surface area (Å²) in [6, 6.07) is 10.5. The quantitative estimate of drug-likeness (QED) is 0.620. The van der Waals surface area contributed by atoms with Crippen LogP contribution in [-0.4, -0.2) is 29.5 Å². The first kappa shape index (κ1) is 23.7. The maximum atomic E-state index is 12.9. The molecule has 2 N–H and O–H groups in total. The summed E-state index contributed by atoms with van der Waals surface area (Å²) in [6.45, 7) is 1.82. The van der Waals surface area contributed by atoms with Crippen LogP contribution in [0.1, 0.15) is 35.7 Å². The first-order valence-corrected chi connectivity index (χ1v) is 11.3. The number of nitrogens with one attached hydrogen (secondary N) is 2. The zero-order valence-electron chi connectivity index (χ0n) is 19.1. The van der Waals surface area contributed by atoms with Crippen LogP contribution in [0, 0.1) is 5.92 Å². The van der Waals surface area contributed by atoms with Crippen molar-refractivity contribution in [3.05, 3.63) is 83.6 Å². The molecule has 0 radical (unpaired) electrons. The second kappa shape index (κ2) is 8.85. The summed E-state index contributed by atoms with van der Waals surface area (Å²) in [5.74, 6) is 0.152. The number of benzene rings is 2. The van der Waals surface area contributed by atoms with Crippen molar-refractivity contribution >= 4 is 23.5 Å². The molecule has 186 valence electrons. The van der Waals surface area contributed by atoms with Gasteiger partial charge >= 0.3 is 6.18 Å². The second-order valence-electron chi connectivity index (χ2n) is 9.00. The number of hydrogen-bond donors (Lipinski definition) is 2. The van der Waals surface area contributed by atoms with Crippen LogP contribution in [0.4, 0.5) is 18.9 Å². The van der Waals surface area contributed by atoms with Gasteiger partial charge in [0.05, 0.1) is 5.56 Å². The number of rotatable bonds is 5. The van der Waals surface area contributed by atoms with Gasteiger partial charge in [0.2, 0.25) is 5.91 Å². The van der Waals surface area contributed by atoms with Crippen LogP contribution in [0.25, 0.3) is 0 Å². The number of amidine groups is 1. The predicted molar refractivity (Wildman–Crippen MR) is 125 cm³/mol. The van der Waals surface area contributed by atoms with E-state index >= 15 is 0 Å². The average molecular weight is 497 g/mol. The van der Waals surface area contributed by atoms with E-state index in [0.29, 0.717) is 11.5 Å². The van der Waals surface area contributed by atoms with Crippen LogP contribution in [0.2, 0.25) is 0 Å². The van der Waals surface area contributed by atoms with E-state index in [1.807, 2.05) is 6.92 Å². The Morgan fingerprint density at radius 1 is 1.11 bits per heavy atom. The summed E-state index contributed by atoms with van der Waals surface area (Å²) in [7, 11) is 0. The Morgan fingerprint density at radius 2 is 1.89 bits per heavy atom. The van der Waals surface area contributed by atoms with Gasteiger partial charge in [0.25, 0.3) is 11.9 Å². The van der Waals surface area contributed by atoms with Gasteiger partial charge in [-0.25, -0.2) is 4.99 Å². The van der Waals surface area contributed by atoms with E-state index in [2.05, 4.69) is 15.6 Å². The molecule has 2 aliphatic carbocycles. The minimum absolute atomic E-state index is 0.0229. The predicted octanol–water partition coefficient (Wildman–Crippen LogP) is 4.83. The number of allylic oxidation sites excluding steroid dienone is 1. The number of amides is 2. The molecule has 1 aliphatic heterocycles. The monoisotopic (exact) mass is 497 g/mol. The summed E-state index contributed by atoms with van der Waals surface area (Å²) >= 11 is 0. The van der Waals surface area contributed by atoms with Crippen molar-refractivity contribution in [1.82, 2.24) is 5.32 Å². The highest BCUT2D eigenvalue weighted by molar-refractivity contribution is 6.04. The molecule has 36 heavy (non-hydrogen) atoms. The van der Waals surface area contributed by atoms with E-state index in [4.69, 9.17) is 9.47 Å². The maximum Gasteiger partial charge on any atom is 0.416 e. The first-order chi connectivity index (χ1) is 17.1. The number of carbonyl (C=O) groups is 2. The van der Waals surface area contributed by atoms with Gasteiger partial charge in [-0.15, -0.1) is 0 Å². The highest BCUT2D eigenvalue weighted by Gasteiger charge is 2.43. The van der Waals surface area contributed by atoms with Crippen molar-refractivity contribution in [2.24, 2.45) is 10.9 Å². The van der Waals surface area contributed by atoms with Crippen molar-refractivity contribution in [2.75, 3.05) is 5.32 Å². The van der Waals surface area contributed by atoms with Gasteiger partial charge in [-0.05, 0) is 62.2 Å². The molecule has 0 saturated heterocycles. The summed E-state index contributed by atoms with van der Waals surface area (Å²) in [5.41, 5.74) is -1.47. The lowest BCUT2D eigenvalue weighted by Gasteiger charge is -2.27. The Kier molecular flexibility index (Phi) is 5.82. The van der Waals surface area contributed by atoms with Gasteiger partial charge in [-0.1, -0.05) is 18.2 Å². The Labute approximate surface area is 204 Å². The van der Waals surface area contributed by atoms with E-state index < -0.39 is 23.2 Å². The lowest BCUT2D eigenvalue weighted by molar-refractivity contribution is -0.137. The number of anilines is 1. The molecule has 2 atom stereocenters. The Bertz CT molecular complexity index is 1310. The van der Waals surface area contributed by atoms with Crippen molar-refractivity contribution in [3.63, 3.8) is 0 Å². The number of nitrogens with zero attached hydrogens (tertiary/aromatic N) is 1. The maximum absolute atomic E-state index is 12.9. The smallest absolute Gasteiger partial charge is 0.416 e. The molecule has 2 aromatic rings. The molecule has 2 amide bonds. The molecule has 2 unspecified atom stereocenters. The third-order valence-electron chi connectivity index (χ3n) is 5.99. The van der Waals surface area contributed by atoms with Gasteiger partial charge in [0.15, 0.2) is 5.60 Å². The number of ether oxygens (including phenoxy) is 2. The molecular formula is C26H22F3N3O4. The number of halogens is 3. The molecule has 2 aromatic carbocycles. The number of alkyl halides is 3. The molecule has 7 nitrogen and oxygen atoms in total. The van der Waals surface area contributed by atoms with Gasteiger partial charge < -0.3 is 14.8 Å². The third kappa shape index (κ3) is 5.12. The Balaban J connectivity index is 1.25. The highest BCUT2D eigenvalue weighted by Crippen LogP contribution is 2.35. The zero-order chi connectivity index (χ0) is 25.5. The second-order valence-corrected chi connectivity index (χ2v) is 9.00. The fraction of sp³-hybridized carbons (Fsp3) is 0.269. The minimum atomic E-state index is -4.51. The van der Waals surface area contributed by atoms with Crippen LogP contribution in [0.15, 0.2) is 77.5 Å². The largest absolute Gasteiger partial charge is 0.458 e. The van der Waals surface area contributed by atoms with Crippen LogP contribution in [-0.2, 0) is 15.7 Å². The fourth-order valence-electron chi connectivity index (χ4n) is 3.90. The number of aliphatic imine (C=N–C) groups is 1. The van der Waals surface area contributed by atoms with Gasteiger partial charge in [0, 0.05) is 23.2 Å². The topological polar surface area (TPSA) is 89.0 Å². The lowest BCUT2D eigenvalue weighted by Crippen LogP contribution is -2.39. The van der Waals surface area contributed by atoms with E-state index in [-0.39, 0.29) is 35.1 Å². The van der Waals surface area contributed by atoms with E-state index in [1.54, 1.807) is 30.4 Å². The average Bonchev–Trinajstić information content (AvgIpc) is 3.61. The lowest BCUT2D eigenvalue weighted by atomic mass is 9.92. The van der Waals surface area contributed by atoms with E-state index in [9.17, 15) is 22.8 Å². The van der Waals surface area contributed by atoms with Crippen molar-refractivity contribution in [1.29, 1.82) is 0 Å². The first-order valence-electron chi connectivity index (χ1n) is 11.3. The molecule has 0 spiro atoms. The van der Waals surface area contributed by atoms with Crippen molar-refractivity contribution in [2.45, 2.75) is 37.6 Å². The van der Waals surface area contributed by atoms with Crippen molar-refractivity contribution < 1.29 is 32.2 Å². The standard InChI is InChI=1S/C26H22F3N3O4/c1-25-14-20(10-11-21(25)31-24(36-25)32-22(33)15-8-9-15)35-19-7-2-4-16(12-19)23(34)30-18-6-3-5-17(13-18)26(27,28)29/h2-7,10-15,21H,8-9H2,1H3,(H,30,34)(H,31,32,33). The number of fused-ring (bicyclic) bond motifs is 1. The van der Waals surface area contributed by atoms with Crippen LogP contribution in [0.3, 0.4) is 0 Å². The van der Waals surface area contributed by atoms with Gasteiger partial charge in [0.1, 0.15) is 17.6 Å². The minimum Gasteiger partial charge on any atom is -0.458 e. The van der Waals surface area contributed by atoms with E-state index in [1.165, 1.54) is 24.3 Å². The van der Waals surface area contributed by atoms with Crippen LogP contribution in [0.5, 0.6) is 5.75 Å². The van der Waals surface area contributed by atoms with E-state index in [0.717, 1.165) is 25.0 Å². The summed E-state index contributed by atoms with van der Waals surface area (Å²) in [6.07, 6.45) is 2.50. The van der Waals surface area contributed by atoms with Crippen LogP contribution >= 0.6 is 0 Å². The molecule has 0 bridgehead atoms. The number of hydrogen-bond acceptors (Lipinski definition) is 5. The molecule has 0 aromatic heterocycles. The normalized spacial score (nSPS) is 22.6. The molecule has 10 heteroatoms.